The number of allylic oxidation sites excluding steroid dienone is 1. The van der Waals surface area contributed by atoms with Crippen molar-refractivity contribution in [3.05, 3.63) is 53.2 Å². The molecule has 7 nitrogen and oxygen atoms in total. The number of fused-ring (bicyclic) bond motifs is 1. The Balaban J connectivity index is 1.57. The molecule has 2 aliphatic heterocycles. The van der Waals surface area contributed by atoms with Crippen LogP contribution in [0.5, 0.6) is 11.5 Å². The number of nitrogens with one attached hydrogen (secondary N) is 2. The molecule has 2 heterocycles. The minimum absolute atomic E-state index is 0.126. The van der Waals surface area contributed by atoms with Crippen LogP contribution in [-0.4, -0.2) is 51.3 Å². The molecular formula is C24H29N3O4. The molecule has 0 bridgehead atoms. The molecule has 2 aromatic rings. The number of methoxy groups -OCH3 is 2. The van der Waals surface area contributed by atoms with Crippen LogP contribution in [0.25, 0.3) is 5.57 Å². The first-order valence-electron chi connectivity index (χ1n) is 10.6. The van der Waals surface area contributed by atoms with Crippen LogP contribution in [0.4, 0.5) is 11.4 Å². The van der Waals surface area contributed by atoms with Gasteiger partial charge in [-0.1, -0.05) is 19.1 Å². The molecule has 0 unspecified atom stereocenters. The summed E-state index contributed by atoms with van der Waals surface area (Å²) in [6.07, 6.45) is 0.687. The van der Waals surface area contributed by atoms with Crippen LogP contribution in [0.1, 0.15) is 24.5 Å². The third-order valence-corrected chi connectivity index (χ3v) is 5.68. The minimum Gasteiger partial charge on any atom is -0.493 e. The summed E-state index contributed by atoms with van der Waals surface area (Å²) in [7, 11) is 3.18. The van der Waals surface area contributed by atoms with E-state index in [2.05, 4.69) is 39.8 Å². The molecule has 2 N–H and O–H groups in total. The fraction of sp³-hybridized carbons (Fsp3) is 0.375. The molecule has 0 aliphatic carbocycles. The Hall–Kier alpha value is -3.03. The quantitative estimate of drug-likeness (QED) is 0.662. The number of carbonyl (C=O) groups excluding carboxylic acids is 1. The lowest BCUT2D eigenvalue weighted by molar-refractivity contribution is -0.110. The lowest BCUT2D eigenvalue weighted by atomic mass is 10.0. The number of nitrogens with zero attached hydrogens (tertiary/aromatic N) is 1. The number of benzene rings is 2. The van der Waals surface area contributed by atoms with Crippen LogP contribution in [0.15, 0.2) is 42.1 Å². The zero-order valence-corrected chi connectivity index (χ0v) is 18.3. The van der Waals surface area contributed by atoms with Crippen molar-refractivity contribution in [3.8, 4) is 11.5 Å². The molecule has 0 spiro atoms. The number of hydrogen-bond acceptors (Lipinski definition) is 6. The van der Waals surface area contributed by atoms with Crippen molar-refractivity contribution in [1.82, 2.24) is 4.90 Å². The number of morpholine rings is 1. The van der Waals surface area contributed by atoms with Gasteiger partial charge in [-0.2, -0.15) is 0 Å². The second-order valence-corrected chi connectivity index (χ2v) is 7.62. The van der Waals surface area contributed by atoms with Gasteiger partial charge in [0.2, 0.25) is 0 Å². The average molecular weight is 424 g/mol. The second kappa shape index (κ2) is 9.41. The second-order valence-electron chi connectivity index (χ2n) is 7.62. The van der Waals surface area contributed by atoms with Crippen LogP contribution < -0.4 is 20.1 Å². The predicted molar refractivity (Wildman–Crippen MR) is 122 cm³/mol. The molecule has 0 radical (unpaired) electrons. The molecule has 0 saturated carbocycles. The van der Waals surface area contributed by atoms with Crippen LogP contribution in [0.3, 0.4) is 0 Å². The van der Waals surface area contributed by atoms with Crippen LogP contribution >= 0.6 is 0 Å². The fourth-order valence-corrected chi connectivity index (χ4v) is 4.01. The van der Waals surface area contributed by atoms with E-state index in [0.29, 0.717) is 23.5 Å². The van der Waals surface area contributed by atoms with E-state index in [-0.39, 0.29) is 5.91 Å². The fourth-order valence-electron chi connectivity index (χ4n) is 4.01. The summed E-state index contributed by atoms with van der Waals surface area (Å²) in [6.45, 7) is 6.49. The predicted octanol–water partition coefficient (Wildman–Crippen LogP) is 3.72. The smallest absolute Gasteiger partial charge is 0.258 e. The van der Waals surface area contributed by atoms with E-state index in [1.807, 2.05) is 13.0 Å². The summed E-state index contributed by atoms with van der Waals surface area (Å²) in [4.78, 5) is 15.2. The molecule has 2 aromatic carbocycles. The first-order chi connectivity index (χ1) is 15.1. The van der Waals surface area contributed by atoms with Crippen LogP contribution in [-0.2, 0) is 16.1 Å². The van der Waals surface area contributed by atoms with Gasteiger partial charge in [0.05, 0.1) is 38.7 Å². The molecule has 1 fully saturated rings. The van der Waals surface area contributed by atoms with Gasteiger partial charge < -0.3 is 24.8 Å². The standard InChI is InChI=1S/C24H29N3O4/c1-4-19(23-18-13-21(29-2)22(30-3)14-20(18)26-24(23)28)25-17-7-5-16(6-8-17)15-27-9-11-31-12-10-27/h5-8,13-14,25H,4,9-12,15H2,1-3H3,(H,26,28)/b23-19-. The lowest BCUT2D eigenvalue weighted by Crippen LogP contribution is -2.35. The highest BCUT2D eigenvalue weighted by Gasteiger charge is 2.29. The first-order valence-corrected chi connectivity index (χ1v) is 10.6. The van der Waals surface area contributed by atoms with Gasteiger partial charge >= 0.3 is 0 Å². The SMILES string of the molecule is CC/C(Nc1ccc(CN2CCOCC2)cc1)=C1/C(=O)Nc2cc(OC)c(OC)cc21. The summed E-state index contributed by atoms with van der Waals surface area (Å²) in [6, 6.07) is 12.0. The van der Waals surface area contributed by atoms with Gasteiger partial charge in [0.15, 0.2) is 11.5 Å². The molecule has 0 atom stereocenters. The minimum atomic E-state index is -0.126. The van der Waals surface area contributed by atoms with E-state index in [0.717, 1.165) is 55.5 Å². The van der Waals surface area contributed by atoms with Crippen molar-refractivity contribution in [1.29, 1.82) is 0 Å². The number of rotatable bonds is 7. The molecule has 31 heavy (non-hydrogen) atoms. The molecule has 4 rings (SSSR count). The van der Waals surface area contributed by atoms with Crippen molar-refractivity contribution >= 4 is 22.9 Å². The van der Waals surface area contributed by atoms with Crippen molar-refractivity contribution in [2.75, 3.05) is 51.2 Å². The molecule has 0 aromatic heterocycles. The van der Waals surface area contributed by atoms with Gasteiger partial charge in [-0.3, -0.25) is 9.69 Å². The maximum absolute atomic E-state index is 12.8. The van der Waals surface area contributed by atoms with Gasteiger partial charge in [-0.25, -0.2) is 0 Å². The van der Waals surface area contributed by atoms with Crippen LogP contribution in [0.2, 0.25) is 0 Å². The number of anilines is 2. The third-order valence-electron chi connectivity index (χ3n) is 5.68. The summed E-state index contributed by atoms with van der Waals surface area (Å²) in [5.74, 6) is 1.06. The largest absolute Gasteiger partial charge is 0.493 e. The highest BCUT2D eigenvalue weighted by Crippen LogP contribution is 2.42. The molecule has 1 saturated heterocycles. The van der Waals surface area contributed by atoms with Gasteiger partial charge in [-0.15, -0.1) is 0 Å². The van der Waals surface area contributed by atoms with Crippen molar-refractivity contribution in [2.24, 2.45) is 0 Å². The van der Waals surface area contributed by atoms with E-state index in [1.54, 1.807) is 20.3 Å². The number of hydrogen-bond donors (Lipinski definition) is 2. The lowest BCUT2D eigenvalue weighted by Gasteiger charge is -2.26. The van der Waals surface area contributed by atoms with E-state index >= 15 is 0 Å². The van der Waals surface area contributed by atoms with Gasteiger partial charge in [0.25, 0.3) is 5.91 Å². The van der Waals surface area contributed by atoms with E-state index in [9.17, 15) is 4.79 Å². The van der Waals surface area contributed by atoms with E-state index in [4.69, 9.17) is 14.2 Å². The Bertz CT molecular complexity index is 979. The maximum atomic E-state index is 12.8. The van der Waals surface area contributed by atoms with Gasteiger partial charge in [0.1, 0.15) is 0 Å². The Morgan fingerprint density at radius 3 is 2.42 bits per heavy atom. The first kappa shape index (κ1) is 21.2. The Morgan fingerprint density at radius 1 is 1.10 bits per heavy atom. The van der Waals surface area contributed by atoms with Crippen molar-refractivity contribution in [2.45, 2.75) is 19.9 Å². The van der Waals surface area contributed by atoms with E-state index in [1.165, 1.54) is 5.56 Å². The highest BCUT2D eigenvalue weighted by atomic mass is 16.5. The maximum Gasteiger partial charge on any atom is 0.258 e. The number of carbonyl (C=O) groups is 1. The van der Waals surface area contributed by atoms with Crippen LogP contribution in [0, 0.1) is 0 Å². The molecule has 2 aliphatic rings. The summed E-state index contributed by atoms with van der Waals surface area (Å²) in [5, 5.41) is 6.39. The highest BCUT2D eigenvalue weighted by molar-refractivity contribution is 6.32. The number of amides is 1. The summed E-state index contributed by atoms with van der Waals surface area (Å²) < 4.78 is 16.2. The number of ether oxygens (including phenoxy) is 3. The van der Waals surface area contributed by atoms with Gasteiger partial charge in [0, 0.05) is 42.6 Å². The Labute approximate surface area is 183 Å². The Kier molecular flexibility index (Phi) is 6.44. The van der Waals surface area contributed by atoms with Crippen molar-refractivity contribution < 1.29 is 19.0 Å². The monoisotopic (exact) mass is 423 g/mol. The average Bonchev–Trinajstić information content (AvgIpc) is 3.12. The molecule has 1 amide bonds. The molecule has 7 heteroatoms. The topological polar surface area (TPSA) is 72.1 Å². The summed E-state index contributed by atoms with van der Waals surface area (Å²) in [5.41, 5.74) is 5.26. The van der Waals surface area contributed by atoms with Crippen molar-refractivity contribution in [3.63, 3.8) is 0 Å². The molecule has 164 valence electrons. The van der Waals surface area contributed by atoms with Gasteiger partial charge in [-0.05, 0) is 30.2 Å². The zero-order chi connectivity index (χ0) is 21.8. The van der Waals surface area contributed by atoms with E-state index < -0.39 is 0 Å². The third kappa shape index (κ3) is 4.52. The molecular weight excluding hydrogens is 394 g/mol. The normalized spacial score (nSPS) is 17.7. The Morgan fingerprint density at radius 2 is 1.77 bits per heavy atom. The summed E-state index contributed by atoms with van der Waals surface area (Å²) >= 11 is 0. The zero-order valence-electron chi connectivity index (χ0n) is 18.3.